The average Bonchev–Trinajstić information content (AvgIpc) is 3.03. The Morgan fingerprint density at radius 2 is 1.65 bits per heavy atom. The molecule has 1 heterocycles. The maximum absolute atomic E-state index is 9.16. The van der Waals surface area contributed by atoms with Gasteiger partial charge in [0.2, 0.25) is 0 Å². The van der Waals surface area contributed by atoms with E-state index in [4.69, 9.17) is 25.9 Å². The second-order valence-corrected chi connectivity index (χ2v) is 5.64. The molecule has 110 valence electrons. The van der Waals surface area contributed by atoms with Crippen LogP contribution in [0.2, 0.25) is 0 Å². The van der Waals surface area contributed by atoms with E-state index in [2.05, 4.69) is 22.6 Å². The largest absolute Gasteiger partial charge is 0.457 e. The van der Waals surface area contributed by atoms with Crippen LogP contribution in [0.3, 0.4) is 0 Å². The second-order valence-electron chi connectivity index (χ2n) is 4.39. The van der Waals surface area contributed by atoms with Gasteiger partial charge >= 0.3 is 0 Å². The Morgan fingerprint density at radius 1 is 1.00 bits per heavy atom. The van der Waals surface area contributed by atoms with Crippen LogP contribution in [0.1, 0.15) is 5.76 Å². The maximum atomic E-state index is 9.16. The number of nitrogens with two attached hydrogens (primary N) is 1. The summed E-state index contributed by atoms with van der Waals surface area (Å²) < 4.78 is 6.78. The van der Waals surface area contributed by atoms with Crippen LogP contribution < -0.4 is 5.73 Å². The quantitative estimate of drug-likeness (QED) is 0.469. The lowest BCUT2D eigenvalue weighted by atomic mass is 10.1. The first-order valence-electron chi connectivity index (χ1n) is 6.37. The van der Waals surface area contributed by atoms with E-state index in [1.165, 1.54) is 6.08 Å². The fourth-order valence-electron chi connectivity index (χ4n) is 1.79. The average molecular weight is 412 g/mol. The Balaban J connectivity index is 2.39. The number of nitriles is 3. The molecule has 0 aliphatic rings. The number of hydrogen-bond acceptors (Lipinski definition) is 5. The minimum atomic E-state index is -0.304. The van der Waals surface area contributed by atoms with Crippen molar-refractivity contribution < 1.29 is 4.42 Å². The first-order chi connectivity index (χ1) is 11.1. The third-order valence-corrected chi connectivity index (χ3v) is 3.66. The standard InChI is InChI=1S/C17H9IN4O/c18-14-3-1-11(2-4-14)16-6-5-15(23-16)7-12(8-19)17(22)13(9-20)10-21/h1-7H,22H2/b12-7+. The van der Waals surface area contributed by atoms with Crippen LogP contribution in [-0.4, -0.2) is 0 Å². The molecule has 0 radical (unpaired) electrons. The minimum Gasteiger partial charge on any atom is -0.457 e. The molecular weight excluding hydrogens is 403 g/mol. The molecule has 0 aliphatic heterocycles. The van der Waals surface area contributed by atoms with E-state index in [0.717, 1.165) is 9.13 Å². The number of nitrogens with zero attached hydrogens (tertiary/aromatic N) is 3. The van der Waals surface area contributed by atoms with Crippen molar-refractivity contribution >= 4 is 28.7 Å². The van der Waals surface area contributed by atoms with Crippen LogP contribution in [0.25, 0.3) is 17.4 Å². The highest BCUT2D eigenvalue weighted by Crippen LogP contribution is 2.24. The summed E-state index contributed by atoms with van der Waals surface area (Å²) in [5.74, 6) is 1.06. The summed E-state index contributed by atoms with van der Waals surface area (Å²) in [7, 11) is 0. The van der Waals surface area contributed by atoms with E-state index >= 15 is 0 Å². The molecule has 0 atom stereocenters. The molecule has 2 aromatic rings. The molecule has 2 N–H and O–H groups in total. The monoisotopic (exact) mass is 412 g/mol. The molecule has 1 aromatic heterocycles. The fraction of sp³-hybridized carbons (Fsp3) is 0. The van der Waals surface area contributed by atoms with Gasteiger partial charge < -0.3 is 10.2 Å². The van der Waals surface area contributed by atoms with Gasteiger partial charge in [0.05, 0.1) is 11.3 Å². The van der Waals surface area contributed by atoms with E-state index < -0.39 is 0 Å². The van der Waals surface area contributed by atoms with Crippen molar-refractivity contribution in [3.05, 3.63) is 62.6 Å². The first-order valence-corrected chi connectivity index (χ1v) is 7.44. The van der Waals surface area contributed by atoms with Gasteiger partial charge in [0.15, 0.2) is 5.57 Å². The van der Waals surface area contributed by atoms with Crippen LogP contribution in [-0.2, 0) is 0 Å². The zero-order chi connectivity index (χ0) is 16.8. The van der Waals surface area contributed by atoms with Crippen molar-refractivity contribution in [2.24, 2.45) is 5.73 Å². The van der Waals surface area contributed by atoms with E-state index in [0.29, 0.717) is 11.5 Å². The minimum absolute atomic E-state index is 0.00612. The van der Waals surface area contributed by atoms with Gasteiger partial charge in [0, 0.05) is 15.2 Å². The Bertz CT molecular complexity index is 899. The van der Waals surface area contributed by atoms with Crippen LogP contribution in [0.15, 0.2) is 57.7 Å². The van der Waals surface area contributed by atoms with Gasteiger partial charge in [0.25, 0.3) is 0 Å². The highest BCUT2D eigenvalue weighted by atomic mass is 127. The normalized spacial score (nSPS) is 10.3. The van der Waals surface area contributed by atoms with Gasteiger partial charge in [-0.25, -0.2) is 0 Å². The molecule has 5 nitrogen and oxygen atoms in total. The summed E-state index contributed by atoms with van der Waals surface area (Å²) >= 11 is 2.21. The molecule has 0 fully saturated rings. The number of allylic oxidation sites excluding steroid dienone is 2. The molecule has 0 spiro atoms. The summed E-state index contributed by atoms with van der Waals surface area (Å²) in [5.41, 5.74) is 6.12. The maximum Gasteiger partial charge on any atom is 0.153 e. The molecule has 0 amide bonds. The SMILES string of the molecule is N#CC(C#N)=C(N)/C(C#N)=C/c1ccc(-c2ccc(I)cc2)o1. The molecule has 2 rings (SSSR count). The van der Waals surface area contributed by atoms with E-state index in [1.807, 2.05) is 30.3 Å². The van der Waals surface area contributed by atoms with Gasteiger partial charge in [0.1, 0.15) is 29.7 Å². The van der Waals surface area contributed by atoms with Crippen LogP contribution in [0.5, 0.6) is 0 Å². The number of furan rings is 1. The molecule has 0 unspecified atom stereocenters. The van der Waals surface area contributed by atoms with E-state index in [9.17, 15) is 0 Å². The third kappa shape index (κ3) is 3.79. The van der Waals surface area contributed by atoms with Gasteiger partial charge in [-0.05, 0) is 46.9 Å². The summed E-state index contributed by atoms with van der Waals surface area (Å²) in [5, 5.41) is 26.8. The molecule has 6 heteroatoms. The summed E-state index contributed by atoms with van der Waals surface area (Å²) in [6.07, 6.45) is 1.40. The molecule has 23 heavy (non-hydrogen) atoms. The van der Waals surface area contributed by atoms with Gasteiger partial charge in [-0.3, -0.25) is 0 Å². The summed E-state index contributed by atoms with van der Waals surface area (Å²) in [4.78, 5) is 0. The van der Waals surface area contributed by atoms with Crippen LogP contribution in [0.4, 0.5) is 0 Å². The zero-order valence-electron chi connectivity index (χ0n) is 11.7. The molecule has 1 aromatic carbocycles. The Morgan fingerprint density at radius 3 is 2.22 bits per heavy atom. The lowest BCUT2D eigenvalue weighted by Crippen LogP contribution is -2.03. The van der Waals surface area contributed by atoms with Crippen molar-refractivity contribution in [1.29, 1.82) is 15.8 Å². The number of hydrogen-bond donors (Lipinski definition) is 1. The molecule has 0 saturated carbocycles. The zero-order valence-corrected chi connectivity index (χ0v) is 13.9. The Labute approximate surface area is 146 Å². The number of halogens is 1. The van der Waals surface area contributed by atoms with Crippen LogP contribution in [0, 0.1) is 37.6 Å². The predicted molar refractivity (Wildman–Crippen MR) is 92.9 cm³/mol. The second kappa shape index (κ2) is 7.31. The molecular formula is C17H9IN4O. The smallest absolute Gasteiger partial charge is 0.153 e. The Kier molecular flexibility index (Phi) is 5.19. The fourth-order valence-corrected chi connectivity index (χ4v) is 2.15. The molecule has 0 aliphatic carbocycles. The van der Waals surface area contributed by atoms with E-state index in [-0.39, 0.29) is 16.8 Å². The van der Waals surface area contributed by atoms with Crippen LogP contribution >= 0.6 is 22.6 Å². The highest BCUT2D eigenvalue weighted by Gasteiger charge is 2.10. The summed E-state index contributed by atoms with van der Waals surface area (Å²) in [6.45, 7) is 0. The van der Waals surface area contributed by atoms with E-state index in [1.54, 1.807) is 24.3 Å². The number of benzene rings is 1. The topological polar surface area (TPSA) is 111 Å². The van der Waals surface area contributed by atoms with Gasteiger partial charge in [-0.1, -0.05) is 12.1 Å². The predicted octanol–water partition coefficient (Wildman–Crippen LogP) is 3.72. The van der Waals surface area contributed by atoms with Crippen molar-refractivity contribution in [2.75, 3.05) is 0 Å². The lowest BCUT2D eigenvalue weighted by molar-refractivity contribution is 0.571. The first kappa shape index (κ1) is 16.4. The van der Waals surface area contributed by atoms with Crippen molar-refractivity contribution in [1.82, 2.24) is 0 Å². The van der Waals surface area contributed by atoms with Gasteiger partial charge in [-0.2, -0.15) is 15.8 Å². The lowest BCUT2D eigenvalue weighted by Gasteiger charge is -1.98. The Hall–Kier alpha value is -3.02. The molecule has 0 bridgehead atoms. The highest BCUT2D eigenvalue weighted by molar-refractivity contribution is 14.1. The van der Waals surface area contributed by atoms with Crippen molar-refractivity contribution in [3.8, 4) is 29.5 Å². The summed E-state index contributed by atoms with van der Waals surface area (Å²) in [6, 6.07) is 16.4. The van der Waals surface area contributed by atoms with Crippen molar-refractivity contribution in [2.45, 2.75) is 0 Å². The molecule has 0 saturated heterocycles. The van der Waals surface area contributed by atoms with Crippen molar-refractivity contribution in [3.63, 3.8) is 0 Å². The van der Waals surface area contributed by atoms with Gasteiger partial charge in [-0.15, -0.1) is 0 Å². The third-order valence-electron chi connectivity index (χ3n) is 2.95. The number of rotatable bonds is 3.